The van der Waals surface area contributed by atoms with Gasteiger partial charge in [0.1, 0.15) is 0 Å². The second-order valence-electron chi connectivity index (χ2n) is 5.35. The fraction of sp³-hybridized carbons (Fsp3) is 0.105. The fourth-order valence-corrected chi connectivity index (χ4v) is 3.36. The monoisotopic (exact) mass is 351 g/mol. The number of aromatic nitrogens is 1. The maximum Gasteiger partial charge on any atom is 0.226 e. The molecule has 0 radical (unpaired) electrons. The number of thiazole rings is 1. The summed E-state index contributed by atoms with van der Waals surface area (Å²) in [6, 6.07) is 19.5. The van der Waals surface area contributed by atoms with Crippen LogP contribution in [-0.4, -0.2) is 16.9 Å². The van der Waals surface area contributed by atoms with E-state index in [1.54, 1.807) is 0 Å². The van der Waals surface area contributed by atoms with Crippen molar-refractivity contribution in [3.63, 3.8) is 0 Å². The Morgan fingerprint density at radius 3 is 2.12 bits per heavy atom. The van der Waals surface area contributed by atoms with Crippen molar-refractivity contribution < 1.29 is 14.7 Å². The standard InChI is InChI=1S/C19H16N2O3S/c22-15(11-12-16(23)24)20-19-21-17(13-7-3-1-4-8-13)18(25-19)14-9-5-2-6-10-14/h1-10H,11-12H2,(H,23,24)(H,20,21,22)/p-1. The first kappa shape index (κ1) is 16.9. The molecule has 5 nitrogen and oxygen atoms in total. The minimum atomic E-state index is -1.25. The molecule has 3 rings (SSSR count). The van der Waals surface area contributed by atoms with Crippen molar-refractivity contribution in [2.75, 3.05) is 5.32 Å². The van der Waals surface area contributed by atoms with Crippen LogP contribution in [0.2, 0.25) is 0 Å². The van der Waals surface area contributed by atoms with Gasteiger partial charge in [0.05, 0.1) is 10.6 Å². The Labute approximate surface area is 149 Å². The van der Waals surface area contributed by atoms with Crippen molar-refractivity contribution in [3.05, 3.63) is 60.7 Å². The van der Waals surface area contributed by atoms with Crippen LogP contribution < -0.4 is 10.4 Å². The van der Waals surface area contributed by atoms with Crippen molar-refractivity contribution in [1.29, 1.82) is 0 Å². The number of rotatable bonds is 6. The first-order chi connectivity index (χ1) is 12.1. The van der Waals surface area contributed by atoms with Gasteiger partial charge in [0.15, 0.2) is 5.13 Å². The number of benzene rings is 2. The van der Waals surface area contributed by atoms with Crippen LogP contribution in [0.4, 0.5) is 5.13 Å². The Balaban J connectivity index is 1.92. The Kier molecular flexibility index (Phi) is 5.20. The van der Waals surface area contributed by atoms with Gasteiger partial charge in [-0.1, -0.05) is 72.0 Å². The predicted octanol–water partition coefficient (Wildman–Crippen LogP) is 2.95. The molecule has 3 aromatic rings. The predicted molar refractivity (Wildman–Crippen MR) is 95.9 cm³/mol. The normalized spacial score (nSPS) is 10.4. The molecule has 0 saturated heterocycles. The number of carboxylic acid groups (broad SMARTS) is 1. The third-order valence-electron chi connectivity index (χ3n) is 3.51. The molecule has 0 fully saturated rings. The number of nitrogens with one attached hydrogen (secondary N) is 1. The van der Waals surface area contributed by atoms with E-state index in [9.17, 15) is 14.7 Å². The molecular formula is C19H15N2O3S-. The molecule has 126 valence electrons. The second-order valence-corrected chi connectivity index (χ2v) is 6.35. The minimum absolute atomic E-state index is 0.136. The van der Waals surface area contributed by atoms with Gasteiger partial charge in [-0.3, -0.25) is 4.79 Å². The number of carbonyl (C=O) groups excluding carboxylic acids is 2. The number of aliphatic carboxylic acids is 1. The lowest BCUT2D eigenvalue weighted by Crippen LogP contribution is -2.24. The van der Waals surface area contributed by atoms with Crippen LogP contribution in [0.25, 0.3) is 21.7 Å². The van der Waals surface area contributed by atoms with E-state index in [4.69, 9.17) is 0 Å². The van der Waals surface area contributed by atoms with Gasteiger partial charge in [-0.2, -0.15) is 0 Å². The molecule has 0 aliphatic heterocycles. The van der Waals surface area contributed by atoms with Gasteiger partial charge in [0.2, 0.25) is 5.91 Å². The van der Waals surface area contributed by atoms with Crippen LogP contribution in [-0.2, 0) is 9.59 Å². The molecule has 0 aliphatic carbocycles. The van der Waals surface area contributed by atoms with Crippen LogP contribution >= 0.6 is 11.3 Å². The lowest BCUT2D eigenvalue weighted by Gasteiger charge is -2.02. The van der Waals surface area contributed by atoms with E-state index in [-0.39, 0.29) is 12.8 Å². The molecule has 1 heterocycles. The highest BCUT2D eigenvalue weighted by Gasteiger charge is 2.16. The number of nitrogens with zero attached hydrogens (tertiary/aromatic N) is 1. The first-order valence-electron chi connectivity index (χ1n) is 7.75. The summed E-state index contributed by atoms with van der Waals surface area (Å²) >= 11 is 1.36. The Bertz CT molecular complexity index is 819. The van der Waals surface area contributed by atoms with Gasteiger partial charge in [-0.25, -0.2) is 4.98 Å². The number of anilines is 1. The molecule has 2 aromatic carbocycles. The average Bonchev–Trinajstić information content (AvgIpc) is 3.05. The summed E-state index contributed by atoms with van der Waals surface area (Å²) in [5.41, 5.74) is 2.74. The van der Waals surface area contributed by atoms with E-state index in [0.717, 1.165) is 21.7 Å². The highest BCUT2D eigenvalue weighted by atomic mass is 32.1. The molecule has 6 heteroatoms. The van der Waals surface area contributed by atoms with E-state index in [1.165, 1.54) is 11.3 Å². The summed E-state index contributed by atoms with van der Waals surface area (Å²) in [6.07, 6.45) is -0.447. The van der Waals surface area contributed by atoms with E-state index >= 15 is 0 Å². The van der Waals surface area contributed by atoms with Crippen molar-refractivity contribution >= 4 is 28.3 Å². The number of carboxylic acids is 1. The Hall–Kier alpha value is -2.99. The van der Waals surface area contributed by atoms with Gasteiger partial charge in [-0.05, 0) is 12.0 Å². The Morgan fingerprint density at radius 2 is 1.52 bits per heavy atom. The fourth-order valence-electron chi connectivity index (χ4n) is 2.35. The van der Waals surface area contributed by atoms with Crippen LogP contribution in [0.3, 0.4) is 0 Å². The van der Waals surface area contributed by atoms with Crippen molar-refractivity contribution in [2.24, 2.45) is 0 Å². The highest BCUT2D eigenvalue weighted by molar-refractivity contribution is 7.19. The lowest BCUT2D eigenvalue weighted by molar-refractivity contribution is -0.305. The maximum atomic E-state index is 11.9. The van der Waals surface area contributed by atoms with E-state index < -0.39 is 11.9 Å². The molecule has 25 heavy (non-hydrogen) atoms. The van der Waals surface area contributed by atoms with Crippen molar-refractivity contribution in [1.82, 2.24) is 4.98 Å². The van der Waals surface area contributed by atoms with Crippen LogP contribution in [0.1, 0.15) is 12.8 Å². The smallest absolute Gasteiger partial charge is 0.226 e. The molecule has 0 atom stereocenters. The number of amides is 1. The van der Waals surface area contributed by atoms with Gasteiger partial charge >= 0.3 is 0 Å². The molecule has 0 spiro atoms. The second kappa shape index (κ2) is 7.72. The SMILES string of the molecule is O=C([O-])CCC(=O)Nc1nc(-c2ccccc2)c(-c2ccccc2)s1. The van der Waals surface area contributed by atoms with Crippen molar-refractivity contribution in [3.8, 4) is 21.7 Å². The number of hydrogen-bond donors (Lipinski definition) is 1. The summed E-state index contributed by atoms with van der Waals surface area (Å²) in [5.74, 6) is -1.64. The summed E-state index contributed by atoms with van der Waals surface area (Å²) in [5, 5.41) is 13.6. The summed E-state index contributed by atoms with van der Waals surface area (Å²) in [4.78, 5) is 27.8. The van der Waals surface area contributed by atoms with Gasteiger partial charge in [0.25, 0.3) is 0 Å². The van der Waals surface area contributed by atoms with Gasteiger partial charge in [0, 0.05) is 18.0 Å². The van der Waals surface area contributed by atoms with E-state index in [0.29, 0.717) is 5.13 Å². The zero-order valence-corrected chi connectivity index (χ0v) is 14.1. The summed E-state index contributed by atoms with van der Waals surface area (Å²) in [6.45, 7) is 0. The molecule has 0 unspecified atom stereocenters. The van der Waals surface area contributed by atoms with Crippen LogP contribution in [0.15, 0.2) is 60.7 Å². The van der Waals surface area contributed by atoms with Gasteiger partial charge < -0.3 is 15.2 Å². The third-order valence-corrected chi connectivity index (χ3v) is 4.53. The number of hydrogen-bond acceptors (Lipinski definition) is 5. The molecule has 1 amide bonds. The van der Waals surface area contributed by atoms with Crippen LogP contribution in [0, 0.1) is 0 Å². The zero-order valence-electron chi connectivity index (χ0n) is 13.3. The van der Waals surface area contributed by atoms with E-state index in [1.807, 2.05) is 60.7 Å². The molecule has 0 bridgehead atoms. The average molecular weight is 351 g/mol. The minimum Gasteiger partial charge on any atom is -0.550 e. The number of carbonyl (C=O) groups is 2. The molecule has 1 N–H and O–H groups in total. The first-order valence-corrected chi connectivity index (χ1v) is 8.56. The Morgan fingerprint density at radius 1 is 0.920 bits per heavy atom. The maximum absolute atomic E-state index is 11.9. The van der Waals surface area contributed by atoms with Crippen molar-refractivity contribution in [2.45, 2.75) is 12.8 Å². The topological polar surface area (TPSA) is 82.1 Å². The lowest BCUT2D eigenvalue weighted by atomic mass is 10.1. The molecular weight excluding hydrogens is 336 g/mol. The molecule has 0 saturated carbocycles. The third kappa shape index (κ3) is 4.30. The van der Waals surface area contributed by atoms with Crippen LogP contribution in [0.5, 0.6) is 0 Å². The highest BCUT2D eigenvalue weighted by Crippen LogP contribution is 2.38. The molecule has 0 aliphatic rings. The largest absolute Gasteiger partial charge is 0.550 e. The summed E-state index contributed by atoms with van der Waals surface area (Å²) < 4.78 is 0. The quantitative estimate of drug-likeness (QED) is 0.740. The van der Waals surface area contributed by atoms with Gasteiger partial charge in [-0.15, -0.1) is 0 Å². The molecule has 1 aromatic heterocycles. The summed E-state index contributed by atoms with van der Waals surface area (Å²) in [7, 11) is 0. The zero-order chi connectivity index (χ0) is 17.6. The van der Waals surface area contributed by atoms with E-state index in [2.05, 4.69) is 10.3 Å².